The van der Waals surface area contributed by atoms with E-state index in [1.54, 1.807) is 74.5 Å². The van der Waals surface area contributed by atoms with Gasteiger partial charge in [0.2, 0.25) is 22.9 Å². The molecular formula is C55H57N10O11S+. The van der Waals surface area contributed by atoms with Crippen LogP contribution in [0.5, 0.6) is 5.75 Å². The number of rotatable bonds is 24. The number of nitrogens with zero attached hydrogens (tertiary/aromatic N) is 4. The van der Waals surface area contributed by atoms with Gasteiger partial charge in [0.1, 0.15) is 11.8 Å². The van der Waals surface area contributed by atoms with Crippen LogP contribution < -0.4 is 41.9 Å². The number of ether oxygens (including phenoxy) is 3. The van der Waals surface area contributed by atoms with Gasteiger partial charge in [-0.2, -0.15) is 18.0 Å². The molecule has 1 unspecified atom stereocenters. The number of amides is 3. The maximum atomic E-state index is 14.1. The number of aryl methyl sites for hydroxylation is 3. The van der Waals surface area contributed by atoms with Crippen molar-refractivity contribution in [2.45, 2.75) is 45.8 Å². The number of fused-ring (bicyclic) bond motifs is 3. The summed E-state index contributed by atoms with van der Waals surface area (Å²) in [5.41, 5.74) is 10.9. The Labute approximate surface area is 442 Å². The van der Waals surface area contributed by atoms with Gasteiger partial charge in [-0.15, -0.1) is 0 Å². The summed E-state index contributed by atoms with van der Waals surface area (Å²) < 4.78 is 51.6. The van der Waals surface area contributed by atoms with E-state index in [2.05, 4.69) is 41.2 Å². The number of nitrogen functional groups attached to an aromatic ring is 1. The Bertz CT molecular complexity index is 3560. The quantitative estimate of drug-likeness (QED) is 0.0109. The molecule has 0 radical (unpaired) electrons. The molecule has 8 N–H and O–H groups in total. The molecule has 0 saturated carbocycles. The molecule has 8 rings (SSSR count). The fraction of sp³-hybridized carbons (Fsp3) is 0.255. The van der Waals surface area contributed by atoms with Gasteiger partial charge >= 0.3 is 5.97 Å². The summed E-state index contributed by atoms with van der Waals surface area (Å²) in [6.07, 6.45) is 1.90. The highest BCUT2D eigenvalue weighted by Gasteiger charge is 2.27. The third-order valence-corrected chi connectivity index (χ3v) is 13.1. The first-order chi connectivity index (χ1) is 37.1. The highest BCUT2D eigenvalue weighted by atomic mass is 32.2. The Hall–Kier alpha value is -8.70. The number of H-pyrrole nitrogens is 1. The van der Waals surface area contributed by atoms with Crippen LogP contribution in [0.3, 0.4) is 0 Å². The van der Waals surface area contributed by atoms with Crippen LogP contribution in [-0.2, 0) is 43.9 Å². The van der Waals surface area contributed by atoms with Crippen LogP contribution in [0.2, 0.25) is 0 Å². The fourth-order valence-electron chi connectivity index (χ4n) is 8.69. The molecular weight excluding hydrogens is 1010 g/mol. The molecule has 0 aliphatic rings. The normalized spacial score (nSPS) is 11.8. The molecule has 0 spiro atoms. The van der Waals surface area contributed by atoms with Gasteiger partial charge in [-0.3, -0.25) is 28.7 Å². The van der Waals surface area contributed by atoms with Crippen LogP contribution in [0.4, 0.5) is 11.6 Å². The number of carbonyl (C=O) groups is 4. The lowest BCUT2D eigenvalue weighted by molar-refractivity contribution is -0.645. The van der Waals surface area contributed by atoms with Crippen molar-refractivity contribution in [1.29, 1.82) is 0 Å². The van der Waals surface area contributed by atoms with E-state index in [1.807, 2.05) is 59.2 Å². The summed E-state index contributed by atoms with van der Waals surface area (Å²) in [5, 5.41) is 12.9. The van der Waals surface area contributed by atoms with E-state index >= 15 is 0 Å². The average molecular weight is 1070 g/mol. The van der Waals surface area contributed by atoms with E-state index < -0.39 is 39.3 Å². The van der Waals surface area contributed by atoms with Gasteiger partial charge in [0.05, 0.1) is 67.0 Å². The van der Waals surface area contributed by atoms with Crippen molar-refractivity contribution in [3.05, 3.63) is 171 Å². The molecule has 1 atom stereocenters. The van der Waals surface area contributed by atoms with Gasteiger partial charge in [0.15, 0.2) is 17.7 Å². The van der Waals surface area contributed by atoms with Crippen LogP contribution in [0.25, 0.3) is 33.0 Å². The largest absolute Gasteiger partial charge is 0.422 e. The average Bonchev–Trinajstić information content (AvgIpc) is 3.42. The molecule has 398 valence electrons. The van der Waals surface area contributed by atoms with E-state index in [0.717, 1.165) is 5.56 Å². The van der Waals surface area contributed by atoms with E-state index in [-0.39, 0.29) is 94.4 Å². The number of nitrogens with one attached hydrogen (secondary N) is 5. The molecule has 0 fully saturated rings. The van der Waals surface area contributed by atoms with Gasteiger partial charge in [0, 0.05) is 54.9 Å². The molecule has 0 bridgehead atoms. The molecule has 3 heterocycles. The van der Waals surface area contributed by atoms with Crippen LogP contribution in [-0.4, -0.2) is 108 Å². The molecule has 21 nitrogen and oxygen atoms in total. The van der Waals surface area contributed by atoms with Crippen LogP contribution in [0.15, 0.2) is 126 Å². The Balaban J connectivity index is 0.760. The summed E-state index contributed by atoms with van der Waals surface area (Å²) in [4.78, 5) is 81.2. The summed E-state index contributed by atoms with van der Waals surface area (Å²) in [6.45, 7) is 5.26. The third-order valence-electron chi connectivity index (χ3n) is 12.3. The van der Waals surface area contributed by atoms with Gasteiger partial charge < -0.3 is 41.2 Å². The second-order valence-electron chi connectivity index (χ2n) is 17.9. The highest BCUT2D eigenvalue weighted by Crippen LogP contribution is 2.30. The predicted molar refractivity (Wildman–Crippen MR) is 288 cm³/mol. The second kappa shape index (κ2) is 25.2. The summed E-state index contributed by atoms with van der Waals surface area (Å²) in [7, 11) is -4.16. The monoisotopic (exact) mass is 1070 g/mol. The van der Waals surface area contributed by atoms with Gasteiger partial charge in [-0.25, -0.2) is 14.8 Å². The van der Waals surface area contributed by atoms with E-state index in [4.69, 9.17) is 19.9 Å². The number of benzene rings is 5. The van der Waals surface area contributed by atoms with Crippen LogP contribution in [0, 0.1) is 13.8 Å². The maximum absolute atomic E-state index is 14.1. The minimum Gasteiger partial charge on any atom is -0.422 e. The summed E-state index contributed by atoms with van der Waals surface area (Å²) >= 11 is 0. The predicted octanol–water partition coefficient (Wildman–Crippen LogP) is 4.54. The van der Waals surface area contributed by atoms with Crippen molar-refractivity contribution in [3.63, 3.8) is 0 Å². The minimum absolute atomic E-state index is 0.0505. The first kappa shape index (κ1) is 54.6. The smallest absolute Gasteiger partial charge is 0.345 e. The first-order valence-corrected chi connectivity index (χ1v) is 26.3. The molecule has 77 heavy (non-hydrogen) atoms. The van der Waals surface area contributed by atoms with E-state index in [9.17, 15) is 36.9 Å². The van der Waals surface area contributed by atoms with E-state index in [0.29, 0.717) is 66.8 Å². The zero-order valence-electron chi connectivity index (χ0n) is 42.2. The van der Waals surface area contributed by atoms with Crippen molar-refractivity contribution in [3.8, 4) is 5.75 Å². The van der Waals surface area contributed by atoms with Crippen molar-refractivity contribution in [1.82, 2.24) is 35.9 Å². The zero-order chi connectivity index (χ0) is 54.5. The number of pyridine rings is 1. The van der Waals surface area contributed by atoms with Gasteiger partial charge in [0.25, 0.3) is 27.5 Å². The molecule has 3 aromatic heterocycles. The Morgan fingerprint density at radius 2 is 1.39 bits per heavy atom. The SMILES string of the molecule is Cc1cc(C(=O)NCCOCCOCCNC(=O)C(Cc2ccccc2)NC(=O)c2ccc(NCc3cnc4nc(N)[nH]c(=O)c4n3)cc2)cc(C)c1OC(=O)c1c2ccccc2[n+](CCCS(=O)(=O)O)c2ccccc12. The second-order valence-corrected chi connectivity index (χ2v) is 19.5. The number of aromatic nitrogens is 5. The van der Waals surface area contributed by atoms with Crippen molar-refractivity contribution < 1.29 is 50.9 Å². The number of hydrogen-bond acceptors (Lipinski definition) is 15. The van der Waals surface area contributed by atoms with Crippen LogP contribution in [0.1, 0.15) is 59.9 Å². The van der Waals surface area contributed by atoms with Crippen LogP contribution >= 0.6 is 0 Å². The molecule has 22 heteroatoms. The number of para-hydroxylation sites is 2. The number of esters is 1. The molecule has 0 aliphatic heterocycles. The van der Waals surface area contributed by atoms with Crippen molar-refractivity contribution in [2.75, 3.05) is 56.3 Å². The van der Waals surface area contributed by atoms with E-state index in [1.165, 1.54) is 6.20 Å². The fourth-order valence-corrected chi connectivity index (χ4v) is 9.18. The Morgan fingerprint density at radius 1 is 0.766 bits per heavy atom. The lowest BCUT2D eigenvalue weighted by Crippen LogP contribution is -2.48. The van der Waals surface area contributed by atoms with Gasteiger partial charge in [-0.05, 0) is 79.1 Å². The number of nitrogens with two attached hydrogens (primary N) is 1. The molecule has 0 saturated heterocycles. The molecule has 0 aliphatic carbocycles. The standard InChI is InChI=1S/C55H56N10O11S/c1-34-29-38(30-35(2)48(34)76-54(70)46-41-13-6-8-15-44(41)65(23-10-28-77(71,72)73)45-16-9-7-14-42(45)46)50(66)57-21-24-74-26-27-75-25-22-58-52(68)43(31-36-11-4-3-5-12-36)62-51(67)37-17-19-39(20-18-37)59-32-40-33-60-49-47(61-40)53(69)64-55(56)63-49/h3-9,11-20,29-30,33,43H,10,21-28,31-32H2,1-2H3,(H7-,56,57,58,59,60,62,63,64,66,67,68,69,71,72,73)/p+1. The Kier molecular flexibility index (Phi) is 17.9. The van der Waals surface area contributed by atoms with Crippen molar-refractivity contribution >= 4 is 78.4 Å². The number of aromatic amines is 1. The number of carbonyl (C=O) groups excluding carboxylic acids is 4. The maximum Gasteiger partial charge on any atom is 0.345 e. The molecule has 3 amide bonds. The minimum atomic E-state index is -4.16. The van der Waals surface area contributed by atoms with Gasteiger partial charge in [-0.1, -0.05) is 54.6 Å². The topological polar surface area (TPSA) is 300 Å². The lowest BCUT2D eigenvalue weighted by atomic mass is 10.0. The highest BCUT2D eigenvalue weighted by molar-refractivity contribution is 7.85. The molecule has 5 aromatic carbocycles. The van der Waals surface area contributed by atoms with Crippen molar-refractivity contribution in [2.24, 2.45) is 0 Å². The zero-order valence-corrected chi connectivity index (χ0v) is 43.0. The number of anilines is 2. The third kappa shape index (κ3) is 14.4. The number of hydrogen-bond donors (Lipinski definition) is 7. The molecule has 8 aromatic rings. The summed E-state index contributed by atoms with van der Waals surface area (Å²) in [6, 6.07) is 33.0. The Morgan fingerprint density at radius 3 is 2.04 bits per heavy atom. The lowest BCUT2D eigenvalue weighted by Gasteiger charge is -2.19. The summed E-state index contributed by atoms with van der Waals surface area (Å²) in [5.74, 6) is -1.90. The first-order valence-electron chi connectivity index (χ1n) is 24.6.